The largest absolute Gasteiger partial charge is 0.486 e. The van der Waals surface area contributed by atoms with E-state index in [1.807, 2.05) is 19.1 Å². The maximum Gasteiger partial charge on any atom is 0.164 e. The summed E-state index contributed by atoms with van der Waals surface area (Å²) in [5.41, 5.74) is 1.99. The zero-order valence-electron chi connectivity index (χ0n) is 8.25. The van der Waals surface area contributed by atoms with Gasteiger partial charge in [-0.05, 0) is 18.1 Å². The molecule has 1 N–H and O–H groups in total. The highest BCUT2D eigenvalue weighted by Gasteiger charge is 2.17. The minimum Gasteiger partial charge on any atom is -0.486 e. The lowest BCUT2D eigenvalue weighted by Crippen LogP contribution is -2.17. The molecule has 76 valence electrons. The third kappa shape index (κ3) is 1.44. The molecular formula is C11H14O3. The van der Waals surface area contributed by atoms with Crippen molar-refractivity contribution in [2.75, 3.05) is 13.2 Å². The zero-order valence-corrected chi connectivity index (χ0v) is 8.25. The minimum absolute atomic E-state index is 0.0554. The Balaban J connectivity index is 2.50. The van der Waals surface area contributed by atoms with Crippen molar-refractivity contribution < 1.29 is 14.6 Å². The molecule has 1 heterocycles. The summed E-state index contributed by atoms with van der Waals surface area (Å²) < 4.78 is 11.0. The predicted octanol–water partition coefficient (Wildman–Crippen LogP) is 1.51. The van der Waals surface area contributed by atoms with Gasteiger partial charge in [0.25, 0.3) is 0 Å². The summed E-state index contributed by atoms with van der Waals surface area (Å²) in [4.78, 5) is 0. The van der Waals surface area contributed by atoms with Gasteiger partial charge in [0.1, 0.15) is 13.2 Å². The summed E-state index contributed by atoms with van der Waals surface area (Å²) in [6.45, 7) is 3.30. The molecule has 3 nitrogen and oxygen atoms in total. The van der Waals surface area contributed by atoms with E-state index in [4.69, 9.17) is 14.6 Å². The van der Waals surface area contributed by atoms with Crippen LogP contribution < -0.4 is 9.47 Å². The second kappa shape index (κ2) is 3.88. The van der Waals surface area contributed by atoms with Crippen molar-refractivity contribution in [3.05, 3.63) is 23.3 Å². The summed E-state index contributed by atoms with van der Waals surface area (Å²) >= 11 is 0. The van der Waals surface area contributed by atoms with Gasteiger partial charge in [-0.25, -0.2) is 0 Å². The molecule has 0 saturated carbocycles. The number of rotatable bonds is 2. The van der Waals surface area contributed by atoms with Crippen LogP contribution >= 0.6 is 0 Å². The molecule has 0 aromatic heterocycles. The molecule has 0 radical (unpaired) electrons. The van der Waals surface area contributed by atoms with E-state index in [0.717, 1.165) is 29.0 Å². The highest BCUT2D eigenvalue weighted by atomic mass is 16.6. The van der Waals surface area contributed by atoms with Crippen LogP contribution in [0.5, 0.6) is 11.5 Å². The van der Waals surface area contributed by atoms with Gasteiger partial charge in [0.15, 0.2) is 11.5 Å². The molecule has 1 aliphatic rings. The average Bonchev–Trinajstić information content (AvgIpc) is 2.27. The van der Waals surface area contributed by atoms with Crippen LogP contribution in [-0.2, 0) is 13.0 Å². The highest BCUT2D eigenvalue weighted by Crippen LogP contribution is 2.36. The van der Waals surface area contributed by atoms with Gasteiger partial charge in [0.2, 0.25) is 0 Å². The Bertz CT molecular complexity index is 319. The fraction of sp³-hybridized carbons (Fsp3) is 0.455. The van der Waals surface area contributed by atoms with Crippen LogP contribution in [0.15, 0.2) is 12.1 Å². The number of aliphatic hydroxyl groups is 1. The van der Waals surface area contributed by atoms with Crippen LogP contribution in [0.1, 0.15) is 18.1 Å². The molecule has 0 saturated heterocycles. The first kappa shape index (κ1) is 9.34. The molecule has 0 fully saturated rings. The van der Waals surface area contributed by atoms with Crippen molar-refractivity contribution in [3.63, 3.8) is 0 Å². The van der Waals surface area contributed by atoms with Gasteiger partial charge in [-0.3, -0.25) is 0 Å². The van der Waals surface area contributed by atoms with Gasteiger partial charge in [-0.15, -0.1) is 0 Å². The fourth-order valence-corrected chi connectivity index (χ4v) is 1.75. The van der Waals surface area contributed by atoms with Crippen molar-refractivity contribution in [2.45, 2.75) is 20.0 Å². The molecule has 0 bridgehead atoms. The molecule has 14 heavy (non-hydrogen) atoms. The molecular weight excluding hydrogens is 180 g/mol. The van der Waals surface area contributed by atoms with E-state index in [1.54, 1.807) is 0 Å². The van der Waals surface area contributed by atoms with Crippen molar-refractivity contribution in [3.8, 4) is 11.5 Å². The molecule has 3 heteroatoms. The molecule has 0 aliphatic carbocycles. The quantitative estimate of drug-likeness (QED) is 0.775. The normalized spacial score (nSPS) is 14.1. The topological polar surface area (TPSA) is 38.7 Å². The highest BCUT2D eigenvalue weighted by molar-refractivity contribution is 5.51. The lowest BCUT2D eigenvalue weighted by atomic mass is 10.0. The first-order chi connectivity index (χ1) is 6.86. The maximum absolute atomic E-state index is 9.15. The number of aliphatic hydroxyl groups excluding tert-OH is 1. The summed E-state index contributed by atoms with van der Waals surface area (Å²) in [6, 6.07) is 3.76. The smallest absolute Gasteiger partial charge is 0.164 e. The standard InChI is InChI=1S/C11H14O3/c1-2-9-8(7-12)3-4-10-11(9)14-6-5-13-10/h3-4,12H,2,5-7H2,1H3. The molecule has 1 aliphatic heterocycles. The molecule has 0 atom stereocenters. The Morgan fingerprint density at radius 2 is 2.07 bits per heavy atom. The number of hydrogen-bond acceptors (Lipinski definition) is 3. The Hall–Kier alpha value is -1.22. The van der Waals surface area contributed by atoms with Crippen LogP contribution in [-0.4, -0.2) is 18.3 Å². The average molecular weight is 194 g/mol. The summed E-state index contributed by atoms with van der Waals surface area (Å²) in [6.07, 6.45) is 0.850. The van der Waals surface area contributed by atoms with E-state index < -0.39 is 0 Å². The molecule has 1 aromatic rings. The Morgan fingerprint density at radius 3 is 2.79 bits per heavy atom. The Kier molecular flexibility index (Phi) is 2.59. The van der Waals surface area contributed by atoms with Crippen molar-refractivity contribution >= 4 is 0 Å². The predicted molar refractivity (Wildman–Crippen MR) is 52.7 cm³/mol. The van der Waals surface area contributed by atoms with Gasteiger partial charge in [0.05, 0.1) is 6.61 Å². The molecule has 1 aromatic carbocycles. The minimum atomic E-state index is 0.0554. The van der Waals surface area contributed by atoms with Crippen molar-refractivity contribution in [1.29, 1.82) is 0 Å². The van der Waals surface area contributed by atoms with Gasteiger partial charge in [-0.2, -0.15) is 0 Å². The first-order valence-electron chi connectivity index (χ1n) is 4.88. The Morgan fingerprint density at radius 1 is 1.29 bits per heavy atom. The van der Waals surface area contributed by atoms with Gasteiger partial charge in [0, 0.05) is 5.56 Å². The molecule has 0 spiro atoms. The lowest BCUT2D eigenvalue weighted by Gasteiger charge is -2.22. The van der Waals surface area contributed by atoms with Crippen LogP contribution in [0.4, 0.5) is 0 Å². The van der Waals surface area contributed by atoms with Gasteiger partial charge in [-0.1, -0.05) is 13.0 Å². The number of ether oxygens (including phenoxy) is 2. The number of benzene rings is 1. The summed E-state index contributed by atoms with van der Waals surface area (Å²) in [5.74, 6) is 1.61. The van der Waals surface area contributed by atoms with Crippen LogP contribution in [0.2, 0.25) is 0 Å². The van der Waals surface area contributed by atoms with E-state index in [2.05, 4.69) is 0 Å². The molecule has 2 rings (SSSR count). The van der Waals surface area contributed by atoms with E-state index in [1.165, 1.54) is 0 Å². The fourth-order valence-electron chi connectivity index (χ4n) is 1.75. The summed E-state index contributed by atoms with van der Waals surface area (Å²) in [7, 11) is 0. The molecule has 0 amide bonds. The van der Waals surface area contributed by atoms with Crippen LogP contribution in [0.3, 0.4) is 0 Å². The lowest BCUT2D eigenvalue weighted by molar-refractivity contribution is 0.169. The van der Waals surface area contributed by atoms with Crippen LogP contribution in [0.25, 0.3) is 0 Å². The van der Waals surface area contributed by atoms with Gasteiger partial charge < -0.3 is 14.6 Å². The van der Waals surface area contributed by atoms with Crippen molar-refractivity contribution in [2.24, 2.45) is 0 Å². The van der Waals surface area contributed by atoms with Crippen molar-refractivity contribution in [1.82, 2.24) is 0 Å². The van der Waals surface area contributed by atoms with E-state index in [-0.39, 0.29) is 6.61 Å². The van der Waals surface area contributed by atoms with Crippen LogP contribution in [0, 0.1) is 0 Å². The second-order valence-corrected chi connectivity index (χ2v) is 3.24. The second-order valence-electron chi connectivity index (χ2n) is 3.24. The monoisotopic (exact) mass is 194 g/mol. The third-order valence-corrected chi connectivity index (χ3v) is 2.43. The first-order valence-corrected chi connectivity index (χ1v) is 4.88. The zero-order chi connectivity index (χ0) is 9.97. The Labute approximate surface area is 83.3 Å². The van der Waals surface area contributed by atoms with E-state index in [9.17, 15) is 0 Å². The number of fused-ring (bicyclic) bond motifs is 1. The van der Waals surface area contributed by atoms with E-state index >= 15 is 0 Å². The maximum atomic E-state index is 9.15. The summed E-state index contributed by atoms with van der Waals surface area (Å²) in [5, 5.41) is 9.15. The van der Waals surface area contributed by atoms with Gasteiger partial charge >= 0.3 is 0 Å². The SMILES string of the molecule is CCc1c(CO)ccc2c1OCCO2. The molecule has 0 unspecified atom stereocenters. The third-order valence-electron chi connectivity index (χ3n) is 2.43. The van der Waals surface area contributed by atoms with E-state index in [0.29, 0.717) is 13.2 Å². The number of hydrogen-bond donors (Lipinski definition) is 1.